The molecule has 0 aromatic carbocycles. The molecule has 0 bridgehead atoms. The standard InChI is InChI=1S/C18H38O.C6H10O4/c1-3-5-7-9-10-11-13-15-17-18(19)16-14-12-8-6-4-2;7-5(8)3-1-2-4-6(9)10/h18-19H,3-17H2,1-2H3;1-4H2,(H,7,8)(H,9,10). The van der Waals surface area contributed by atoms with Gasteiger partial charge in [-0.1, -0.05) is 97.3 Å². The first-order chi connectivity index (χ1) is 13.9. The van der Waals surface area contributed by atoms with Gasteiger partial charge in [-0.2, -0.15) is 0 Å². The van der Waals surface area contributed by atoms with E-state index in [4.69, 9.17) is 10.2 Å². The summed E-state index contributed by atoms with van der Waals surface area (Å²) in [6, 6.07) is 0. The molecular weight excluding hydrogens is 368 g/mol. The molecule has 1 atom stereocenters. The molecule has 0 radical (unpaired) electrons. The van der Waals surface area contributed by atoms with E-state index >= 15 is 0 Å². The van der Waals surface area contributed by atoms with Gasteiger partial charge < -0.3 is 15.3 Å². The fourth-order valence-electron chi connectivity index (χ4n) is 3.19. The zero-order chi connectivity index (χ0) is 22.2. The van der Waals surface area contributed by atoms with Crippen LogP contribution in [0, 0.1) is 0 Å². The molecular formula is C24H48O5. The second-order valence-electron chi connectivity index (χ2n) is 8.11. The van der Waals surface area contributed by atoms with E-state index in [0.717, 1.165) is 12.8 Å². The number of carboxylic acids is 2. The van der Waals surface area contributed by atoms with Crippen molar-refractivity contribution < 1.29 is 24.9 Å². The number of aliphatic carboxylic acids is 2. The highest BCUT2D eigenvalue weighted by Crippen LogP contribution is 2.14. The Morgan fingerprint density at radius 2 is 0.862 bits per heavy atom. The van der Waals surface area contributed by atoms with E-state index in [1.807, 2.05) is 0 Å². The number of hydrogen-bond acceptors (Lipinski definition) is 3. The summed E-state index contributed by atoms with van der Waals surface area (Å²) >= 11 is 0. The third kappa shape index (κ3) is 31.8. The number of aliphatic hydroxyl groups excluding tert-OH is 1. The summed E-state index contributed by atoms with van der Waals surface area (Å²) in [6.07, 6.45) is 20.5. The van der Waals surface area contributed by atoms with Crippen molar-refractivity contribution in [2.45, 2.75) is 142 Å². The van der Waals surface area contributed by atoms with Crippen molar-refractivity contribution in [1.29, 1.82) is 0 Å². The zero-order valence-electron chi connectivity index (χ0n) is 19.2. The maximum absolute atomic E-state index is 9.90. The van der Waals surface area contributed by atoms with Crippen molar-refractivity contribution in [3.63, 3.8) is 0 Å². The van der Waals surface area contributed by atoms with E-state index in [-0.39, 0.29) is 18.9 Å². The fraction of sp³-hybridized carbons (Fsp3) is 0.917. The van der Waals surface area contributed by atoms with Crippen molar-refractivity contribution in [2.75, 3.05) is 0 Å². The molecule has 0 aliphatic rings. The molecule has 29 heavy (non-hydrogen) atoms. The predicted octanol–water partition coefficient (Wildman–Crippen LogP) is 6.95. The van der Waals surface area contributed by atoms with Gasteiger partial charge in [-0.25, -0.2) is 0 Å². The van der Waals surface area contributed by atoms with Crippen LogP contribution in [0.2, 0.25) is 0 Å². The van der Waals surface area contributed by atoms with Crippen molar-refractivity contribution in [3.8, 4) is 0 Å². The molecule has 0 aromatic heterocycles. The topological polar surface area (TPSA) is 94.8 Å². The molecule has 174 valence electrons. The van der Waals surface area contributed by atoms with Crippen LogP contribution >= 0.6 is 0 Å². The Bertz CT molecular complexity index is 341. The smallest absolute Gasteiger partial charge is 0.303 e. The molecule has 0 fully saturated rings. The first kappa shape index (κ1) is 30.1. The number of hydrogen-bond donors (Lipinski definition) is 3. The quantitative estimate of drug-likeness (QED) is 0.187. The lowest BCUT2D eigenvalue weighted by molar-refractivity contribution is -0.139. The van der Waals surface area contributed by atoms with E-state index < -0.39 is 11.9 Å². The lowest BCUT2D eigenvalue weighted by Gasteiger charge is -2.10. The third-order valence-electron chi connectivity index (χ3n) is 5.06. The van der Waals surface area contributed by atoms with Crippen LogP contribution in [0.15, 0.2) is 0 Å². The van der Waals surface area contributed by atoms with Crippen LogP contribution in [0.25, 0.3) is 0 Å². The lowest BCUT2D eigenvalue weighted by Crippen LogP contribution is -2.05. The summed E-state index contributed by atoms with van der Waals surface area (Å²) in [5, 5.41) is 26.1. The minimum absolute atomic E-state index is 0.0262. The number of aliphatic hydroxyl groups is 1. The molecule has 3 N–H and O–H groups in total. The maximum Gasteiger partial charge on any atom is 0.303 e. The van der Waals surface area contributed by atoms with Crippen molar-refractivity contribution >= 4 is 11.9 Å². The Kier molecular flexibility index (Phi) is 25.9. The highest BCUT2D eigenvalue weighted by molar-refractivity contribution is 5.67. The number of carbonyl (C=O) groups is 2. The zero-order valence-corrected chi connectivity index (χ0v) is 19.2. The molecule has 1 unspecified atom stereocenters. The fourth-order valence-corrected chi connectivity index (χ4v) is 3.19. The Labute approximate surface area is 179 Å². The summed E-state index contributed by atoms with van der Waals surface area (Å²) < 4.78 is 0. The molecule has 0 aliphatic heterocycles. The Balaban J connectivity index is 0. The average molecular weight is 417 g/mol. The van der Waals surface area contributed by atoms with Crippen LogP contribution in [-0.4, -0.2) is 33.4 Å². The molecule has 5 nitrogen and oxygen atoms in total. The van der Waals surface area contributed by atoms with Crippen LogP contribution in [0.5, 0.6) is 0 Å². The van der Waals surface area contributed by atoms with Gasteiger partial charge in [0, 0.05) is 12.8 Å². The highest BCUT2D eigenvalue weighted by Gasteiger charge is 2.03. The SMILES string of the molecule is CCCCCCCCCCC(O)CCCCCCC.O=C(O)CCCCC(=O)O. The van der Waals surface area contributed by atoms with Crippen LogP contribution in [0.1, 0.15) is 136 Å². The predicted molar refractivity (Wildman–Crippen MR) is 120 cm³/mol. The number of unbranched alkanes of at least 4 members (excludes halogenated alkanes) is 12. The summed E-state index contributed by atoms with van der Waals surface area (Å²) in [5.41, 5.74) is 0. The third-order valence-corrected chi connectivity index (χ3v) is 5.06. The van der Waals surface area contributed by atoms with Gasteiger partial charge >= 0.3 is 11.9 Å². The van der Waals surface area contributed by atoms with Crippen molar-refractivity contribution in [1.82, 2.24) is 0 Å². The molecule has 0 saturated heterocycles. The van der Waals surface area contributed by atoms with Crippen LogP contribution in [0.3, 0.4) is 0 Å². The highest BCUT2D eigenvalue weighted by atomic mass is 16.4. The van der Waals surface area contributed by atoms with E-state index in [9.17, 15) is 14.7 Å². The summed E-state index contributed by atoms with van der Waals surface area (Å²) in [4.78, 5) is 19.8. The molecule has 0 spiro atoms. The van der Waals surface area contributed by atoms with Crippen molar-refractivity contribution in [3.05, 3.63) is 0 Å². The normalized spacial score (nSPS) is 11.6. The molecule has 0 heterocycles. The molecule has 5 heteroatoms. The number of rotatable bonds is 20. The van der Waals surface area contributed by atoms with Crippen LogP contribution < -0.4 is 0 Å². The lowest BCUT2D eigenvalue weighted by atomic mass is 10.0. The number of carboxylic acid groups (broad SMARTS) is 2. The minimum atomic E-state index is -0.870. The van der Waals surface area contributed by atoms with Gasteiger partial charge in [-0.3, -0.25) is 9.59 Å². The second-order valence-corrected chi connectivity index (χ2v) is 8.11. The first-order valence-corrected chi connectivity index (χ1v) is 12.1. The summed E-state index contributed by atoms with van der Waals surface area (Å²) in [6.45, 7) is 4.51. The summed E-state index contributed by atoms with van der Waals surface area (Å²) in [7, 11) is 0. The monoisotopic (exact) mass is 416 g/mol. The van der Waals surface area contributed by atoms with Gasteiger partial charge in [-0.15, -0.1) is 0 Å². The van der Waals surface area contributed by atoms with E-state index in [2.05, 4.69) is 13.8 Å². The first-order valence-electron chi connectivity index (χ1n) is 12.1. The van der Waals surface area contributed by atoms with Crippen molar-refractivity contribution in [2.24, 2.45) is 0 Å². The molecule has 0 aromatic rings. The maximum atomic E-state index is 9.90. The van der Waals surface area contributed by atoms with E-state index in [1.54, 1.807) is 0 Å². The molecule has 0 saturated carbocycles. The largest absolute Gasteiger partial charge is 0.481 e. The van der Waals surface area contributed by atoms with Gasteiger partial charge in [0.25, 0.3) is 0 Å². The Morgan fingerprint density at radius 1 is 0.552 bits per heavy atom. The molecule has 0 aliphatic carbocycles. The van der Waals surface area contributed by atoms with Crippen LogP contribution in [-0.2, 0) is 9.59 Å². The minimum Gasteiger partial charge on any atom is -0.481 e. The van der Waals surface area contributed by atoms with Gasteiger partial charge in [0.05, 0.1) is 6.10 Å². The van der Waals surface area contributed by atoms with Crippen LogP contribution in [0.4, 0.5) is 0 Å². The molecule has 0 rings (SSSR count). The average Bonchev–Trinajstić information content (AvgIpc) is 2.67. The van der Waals surface area contributed by atoms with Gasteiger partial charge in [0.1, 0.15) is 0 Å². The van der Waals surface area contributed by atoms with Gasteiger partial charge in [0.2, 0.25) is 0 Å². The second kappa shape index (κ2) is 24.9. The van der Waals surface area contributed by atoms with E-state index in [1.165, 1.54) is 83.5 Å². The van der Waals surface area contributed by atoms with E-state index in [0.29, 0.717) is 12.8 Å². The Hall–Kier alpha value is -1.10. The van der Waals surface area contributed by atoms with Gasteiger partial charge in [-0.05, 0) is 25.7 Å². The van der Waals surface area contributed by atoms with Gasteiger partial charge in [0.15, 0.2) is 0 Å². The summed E-state index contributed by atoms with van der Waals surface area (Å²) in [5.74, 6) is -1.74. The Morgan fingerprint density at radius 3 is 1.17 bits per heavy atom. The molecule has 0 amide bonds.